The lowest BCUT2D eigenvalue weighted by Gasteiger charge is -2.22. The van der Waals surface area contributed by atoms with E-state index < -0.39 is 0 Å². The minimum Gasteiger partial charge on any atom is -0.372 e. The normalized spacial score (nSPS) is 14.8. The minimum atomic E-state index is -0.0226. The minimum absolute atomic E-state index is 0.0226. The molecule has 0 fully saturated rings. The van der Waals surface area contributed by atoms with Crippen LogP contribution >= 0.6 is 0 Å². The van der Waals surface area contributed by atoms with Crippen molar-refractivity contribution in [3.05, 3.63) is 18.0 Å². The maximum absolute atomic E-state index is 6.11. The van der Waals surface area contributed by atoms with E-state index in [1.54, 1.807) is 4.68 Å². The fraction of sp³-hybridized carbons (Fsp3) is 0.769. The molecule has 0 saturated heterocycles. The van der Waals surface area contributed by atoms with Crippen LogP contribution in [0, 0.1) is 0 Å². The monoisotopic (exact) mass is 239 g/mol. The molecule has 4 nitrogen and oxygen atoms in total. The zero-order valence-electron chi connectivity index (χ0n) is 11.2. The van der Waals surface area contributed by atoms with Crippen LogP contribution in [-0.2, 0) is 11.8 Å². The van der Waals surface area contributed by atoms with Crippen LogP contribution < -0.4 is 5.73 Å². The van der Waals surface area contributed by atoms with Crippen molar-refractivity contribution >= 4 is 0 Å². The molecule has 0 bridgehead atoms. The van der Waals surface area contributed by atoms with Crippen LogP contribution in [0.1, 0.15) is 51.2 Å². The first-order valence-electron chi connectivity index (χ1n) is 6.54. The first-order chi connectivity index (χ1) is 8.19. The van der Waals surface area contributed by atoms with Gasteiger partial charge in [-0.2, -0.15) is 5.10 Å². The predicted molar refractivity (Wildman–Crippen MR) is 69.7 cm³/mol. The number of hydrogen-bond donors (Lipinski definition) is 1. The van der Waals surface area contributed by atoms with E-state index in [2.05, 4.69) is 18.9 Å². The fourth-order valence-corrected chi connectivity index (χ4v) is 1.83. The summed E-state index contributed by atoms with van der Waals surface area (Å²) in [5.74, 6) is 0. The van der Waals surface area contributed by atoms with Gasteiger partial charge in [-0.25, -0.2) is 0 Å². The molecule has 1 aromatic heterocycles. The summed E-state index contributed by atoms with van der Waals surface area (Å²) in [6.45, 7) is 5.06. The van der Waals surface area contributed by atoms with Crippen molar-refractivity contribution in [3.8, 4) is 0 Å². The summed E-state index contributed by atoms with van der Waals surface area (Å²) in [6, 6.07) is 0.0424. The Kier molecular flexibility index (Phi) is 6.22. The summed E-state index contributed by atoms with van der Waals surface area (Å²) in [7, 11) is 1.91. The van der Waals surface area contributed by atoms with Crippen molar-refractivity contribution in [1.82, 2.24) is 9.78 Å². The highest BCUT2D eigenvalue weighted by Gasteiger charge is 2.20. The van der Waals surface area contributed by atoms with Crippen LogP contribution in [0.3, 0.4) is 0 Å². The summed E-state index contributed by atoms with van der Waals surface area (Å²) in [5, 5.41) is 4.18. The molecule has 0 amide bonds. The molecular formula is C13H25N3O. The molecule has 0 saturated carbocycles. The Bertz CT molecular complexity index is 311. The fourth-order valence-electron chi connectivity index (χ4n) is 1.83. The van der Waals surface area contributed by atoms with Gasteiger partial charge in [-0.05, 0) is 12.8 Å². The lowest BCUT2D eigenvalue weighted by molar-refractivity contribution is 0.0312. The molecule has 1 heterocycles. The van der Waals surface area contributed by atoms with Gasteiger partial charge in [0, 0.05) is 31.5 Å². The molecule has 2 atom stereocenters. The average molecular weight is 239 g/mol. The van der Waals surface area contributed by atoms with Gasteiger partial charge in [0.2, 0.25) is 0 Å². The third-order valence-corrected chi connectivity index (χ3v) is 2.96. The largest absolute Gasteiger partial charge is 0.372 e. The van der Waals surface area contributed by atoms with Gasteiger partial charge < -0.3 is 10.5 Å². The van der Waals surface area contributed by atoms with Gasteiger partial charge in [0.15, 0.2) is 0 Å². The van der Waals surface area contributed by atoms with Gasteiger partial charge in [-0.1, -0.05) is 26.7 Å². The molecule has 4 heteroatoms. The second kappa shape index (κ2) is 7.45. The molecule has 0 aliphatic carbocycles. The smallest absolute Gasteiger partial charge is 0.101 e. The van der Waals surface area contributed by atoms with E-state index >= 15 is 0 Å². The lowest BCUT2D eigenvalue weighted by atomic mass is 10.0. The molecule has 0 spiro atoms. The van der Waals surface area contributed by atoms with Crippen LogP contribution in [0.25, 0.3) is 0 Å². The highest BCUT2D eigenvalue weighted by Crippen LogP contribution is 2.21. The van der Waals surface area contributed by atoms with E-state index in [1.807, 2.05) is 19.4 Å². The van der Waals surface area contributed by atoms with Crippen molar-refractivity contribution < 1.29 is 4.74 Å². The molecule has 98 valence electrons. The summed E-state index contributed by atoms with van der Waals surface area (Å²) in [4.78, 5) is 0. The molecule has 2 unspecified atom stereocenters. The quantitative estimate of drug-likeness (QED) is 0.709. The first-order valence-corrected chi connectivity index (χ1v) is 6.54. The number of rotatable bonds is 8. The van der Waals surface area contributed by atoms with Crippen molar-refractivity contribution in [2.75, 3.05) is 6.61 Å². The van der Waals surface area contributed by atoms with Crippen LogP contribution in [0.4, 0.5) is 0 Å². The SMILES string of the molecule is CCCCCOC(c1cnn(C)c1)C(N)CC. The molecular weight excluding hydrogens is 214 g/mol. The zero-order valence-corrected chi connectivity index (χ0v) is 11.2. The molecule has 0 aliphatic heterocycles. The third-order valence-electron chi connectivity index (χ3n) is 2.96. The van der Waals surface area contributed by atoms with Crippen LogP contribution in [0.15, 0.2) is 12.4 Å². The van der Waals surface area contributed by atoms with Gasteiger partial charge in [0.25, 0.3) is 0 Å². The lowest BCUT2D eigenvalue weighted by Crippen LogP contribution is -2.29. The number of unbranched alkanes of at least 4 members (excludes halogenated alkanes) is 2. The average Bonchev–Trinajstić information content (AvgIpc) is 2.75. The van der Waals surface area contributed by atoms with Crippen molar-refractivity contribution in [1.29, 1.82) is 0 Å². The molecule has 17 heavy (non-hydrogen) atoms. The maximum atomic E-state index is 6.11. The molecule has 0 radical (unpaired) electrons. The van der Waals surface area contributed by atoms with Crippen molar-refractivity contribution in [3.63, 3.8) is 0 Å². The van der Waals surface area contributed by atoms with Gasteiger partial charge >= 0.3 is 0 Å². The predicted octanol–water partition coefficient (Wildman–Crippen LogP) is 2.41. The van der Waals surface area contributed by atoms with Gasteiger partial charge in [0.1, 0.15) is 6.10 Å². The Morgan fingerprint density at radius 3 is 2.71 bits per heavy atom. The third kappa shape index (κ3) is 4.48. The Balaban J connectivity index is 2.55. The number of aromatic nitrogens is 2. The Morgan fingerprint density at radius 1 is 1.41 bits per heavy atom. The van der Waals surface area contributed by atoms with Crippen LogP contribution in [-0.4, -0.2) is 22.4 Å². The topological polar surface area (TPSA) is 53.1 Å². The molecule has 1 rings (SSSR count). The second-order valence-electron chi connectivity index (χ2n) is 4.52. The van der Waals surface area contributed by atoms with Crippen LogP contribution in [0.2, 0.25) is 0 Å². The van der Waals surface area contributed by atoms with E-state index in [4.69, 9.17) is 10.5 Å². The van der Waals surface area contributed by atoms with E-state index in [-0.39, 0.29) is 12.1 Å². The Labute approximate surface area is 104 Å². The Hall–Kier alpha value is -0.870. The highest BCUT2D eigenvalue weighted by molar-refractivity contribution is 5.10. The number of hydrogen-bond acceptors (Lipinski definition) is 3. The van der Waals surface area contributed by atoms with Gasteiger partial charge in [0.05, 0.1) is 6.20 Å². The highest BCUT2D eigenvalue weighted by atomic mass is 16.5. The maximum Gasteiger partial charge on any atom is 0.101 e. The summed E-state index contributed by atoms with van der Waals surface area (Å²) in [6.07, 6.45) is 8.24. The first kappa shape index (κ1) is 14.2. The van der Waals surface area contributed by atoms with Gasteiger partial charge in [-0.15, -0.1) is 0 Å². The van der Waals surface area contributed by atoms with E-state index in [0.29, 0.717) is 0 Å². The van der Waals surface area contributed by atoms with Gasteiger partial charge in [-0.3, -0.25) is 4.68 Å². The van der Waals surface area contributed by atoms with Crippen molar-refractivity contribution in [2.45, 2.75) is 51.7 Å². The molecule has 1 aromatic rings. The van der Waals surface area contributed by atoms with Crippen molar-refractivity contribution in [2.24, 2.45) is 12.8 Å². The summed E-state index contributed by atoms with van der Waals surface area (Å²) >= 11 is 0. The van der Waals surface area contributed by atoms with Crippen LogP contribution in [0.5, 0.6) is 0 Å². The number of nitrogens with two attached hydrogens (primary N) is 1. The molecule has 0 aromatic carbocycles. The Morgan fingerprint density at radius 2 is 2.18 bits per heavy atom. The number of nitrogens with zero attached hydrogens (tertiary/aromatic N) is 2. The molecule has 0 aliphatic rings. The number of aryl methyl sites for hydroxylation is 1. The molecule has 2 N–H and O–H groups in total. The van der Waals surface area contributed by atoms with E-state index in [1.165, 1.54) is 12.8 Å². The summed E-state index contributed by atoms with van der Waals surface area (Å²) < 4.78 is 7.71. The van der Waals surface area contributed by atoms with E-state index in [9.17, 15) is 0 Å². The number of ether oxygens (including phenoxy) is 1. The zero-order chi connectivity index (χ0) is 12.7. The van der Waals surface area contributed by atoms with E-state index in [0.717, 1.165) is 25.0 Å². The standard InChI is InChI=1S/C13H25N3O/c1-4-6-7-8-17-13(12(14)5-2)11-9-15-16(3)10-11/h9-10,12-13H,4-8,14H2,1-3H3. The summed E-state index contributed by atoms with van der Waals surface area (Å²) in [5.41, 5.74) is 7.19. The second-order valence-corrected chi connectivity index (χ2v) is 4.52.